The first-order valence-corrected chi connectivity index (χ1v) is 7.29. The molecule has 0 spiro atoms. The van der Waals surface area contributed by atoms with E-state index in [9.17, 15) is 18.3 Å². The van der Waals surface area contributed by atoms with E-state index in [0.29, 0.717) is 16.8 Å². The number of hydrogen-bond donors (Lipinski definition) is 3. The van der Waals surface area contributed by atoms with Crippen LogP contribution in [0.4, 0.5) is 5.69 Å². The van der Waals surface area contributed by atoms with Crippen molar-refractivity contribution < 1.29 is 23.1 Å². The van der Waals surface area contributed by atoms with Gasteiger partial charge in [-0.2, -0.15) is 0 Å². The summed E-state index contributed by atoms with van der Waals surface area (Å²) in [6, 6.07) is 3.08. The van der Waals surface area contributed by atoms with Gasteiger partial charge in [-0.15, -0.1) is 0 Å². The second-order valence-corrected chi connectivity index (χ2v) is 6.08. The van der Waals surface area contributed by atoms with Gasteiger partial charge < -0.3 is 15.6 Å². The highest BCUT2D eigenvalue weighted by atomic mass is 32.2. The Labute approximate surface area is 117 Å². The number of nitrogen functional groups attached to an aromatic ring is 1. The van der Waals surface area contributed by atoms with Gasteiger partial charge in [0, 0.05) is 12.2 Å². The maximum atomic E-state index is 12.2. The standard InChI is InChI=1S/C12H18N2O5S/c1-7-4-9(13)5-8(2)11(7)20(17,18)14-6-10(15)12(16)19-3/h4-5,10,14-15H,6,13H2,1-3H3. The van der Waals surface area contributed by atoms with Crippen LogP contribution in [0.1, 0.15) is 11.1 Å². The summed E-state index contributed by atoms with van der Waals surface area (Å²) in [6.07, 6.45) is -1.55. The second-order valence-electron chi connectivity index (χ2n) is 4.37. The lowest BCUT2D eigenvalue weighted by Crippen LogP contribution is -2.37. The Bertz CT molecular complexity index is 589. The first-order chi connectivity index (χ1) is 9.19. The summed E-state index contributed by atoms with van der Waals surface area (Å²) in [5.41, 5.74) is 7.08. The number of nitrogens with two attached hydrogens (primary N) is 1. The predicted octanol–water partition coefficient (Wildman–Crippen LogP) is -0.302. The molecule has 0 saturated heterocycles. The van der Waals surface area contributed by atoms with E-state index in [1.807, 2.05) is 0 Å². The molecule has 4 N–H and O–H groups in total. The molecule has 0 fully saturated rings. The quantitative estimate of drug-likeness (QED) is 0.507. The molecule has 20 heavy (non-hydrogen) atoms. The normalized spacial score (nSPS) is 13.0. The minimum atomic E-state index is -3.85. The topological polar surface area (TPSA) is 119 Å². The average molecular weight is 302 g/mol. The Morgan fingerprint density at radius 3 is 2.35 bits per heavy atom. The van der Waals surface area contributed by atoms with Gasteiger partial charge in [0.25, 0.3) is 0 Å². The molecule has 1 atom stereocenters. The number of aliphatic hydroxyl groups is 1. The molecule has 0 bridgehead atoms. The summed E-state index contributed by atoms with van der Waals surface area (Å²) in [6.45, 7) is 2.78. The number of aryl methyl sites for hydroxylation is 2. The Hall–Kier alpha value is -1.64. The number of rotatable bonds is 5. The number of nitrogens with one attached hydrogen (secondary N) is 1. The van der Waals surface area contributed by atoms with Crippen LogP contribution < -0.4 is 10.5 Å². The number of carbonyl (C=O) groups is 1. The molecular formula is C12H18N2O5S. The van der Waals surface area contributed by atoms with Crippen LogP contribution in [0.2, 0.25) is 0 Å². The third kappa shape index (κ3) is 3.69. The average Bonchev–Trinajstić information content (AvgIpc) is 2.33. The van der Waals surface area contributed by atoms with Gasteiger partial charge in [-0.05, 0) is 37.1 Å². The predicted molar refractivity (Wildman–Crippen MR) is 73.5 cm³/mol. The number of esters is 1. The van der Waals surface area contributed by atoms with Crippen LogP contribution in [0.3, 0.4) is 0 Å². The Balaban J connectivity index is 2.98. The lowest BCUT2D eigenvalue weighted by atomic mass is 10.1. The van der Waals surface area contributed by atoms with E-state index in [1.54, 1.807) is 13.8 Å². The number of sulfonamides is 1. The molecule has 0 aliphatic heterocycles. The molecule has 1 aromatic rings. The molecule has 8 heteroatoms. The van der Waals surface area contributed by atoms with E-state index in [1.165, 1.54) is 12.1 Å². The van der Waals surface area contributed by atoms with Gasteiger partial charge in [-0.1, -0.05) is 0 Å². The largest absolute Gasteiger partial charge is 0.467 e. The molecular weight excluding hydrogens is 284 g/mol. The van der Waals surface area contributed by atoms with Crippen molar-refractivity contribution >= 4 is 21.7 Å². The molecule has 0 radical (unpaired) electrons. The van der Waals surface area contributed by atoms with Crippen molar-refractivity contribution in [3.8, 4) is 0 Å². The van der Waals surface area contributed by atoms with E-state index in [-0.39, 0.29) is 4.90 Å². The number of carbonyl (C=O) groups excluding carboxylic acids is 1. The van der Waals surface area contributed by atoms with Crippen molar-refractivity contribution in [3.05, 3.63) is 23.3 Å². The number of aliphatic hydroxyl groups excluding tert-OH is 1. The highest BCUT2D eigenvalue weighted by Gasteiger charge is 2.23. The molecule has 0 heterocycles. The number of ether oxygens (including phenoxy) is 1. The van der Waals surface area contributed by atoms with Crippen LogP contribution in [-0.2, 0) is 19.6 Å². The first-order valence-electron chi connectivity index (χ1n) is 5.81. The van der Waals surface area contributed by atoms with Crippen molar-refractivity contribution in [1.82, 2.24) is 4.72 Å². The summed E-state index contributed by atoms with van der Waals surface area (Å²) < 4.78 is 30.8. The highest BCUT2D eigenvalue weighted by molar-refractivity contribution is 7.89. The Morgan fingerprint density at radius 2 is 1.90 bits per heavy atom. The lowest BCUT2D eigenvalue weighted by Gasteiger charge is -2.14. The monoisotopic (exact) mass is 302 g/mol. The van der Waals surface area contributed by atoms with Gasteiger partial charge in [-0.25, -0.2) is 17.9 Å². The molecule has 1 unspecified atom stereocenters. The summed E-state index contributed by atoms with van der Waals surface area (Å²) in [4.78, 5) is 11.1. The zero-order valence-corrected chi connectivity index (χ0v) is 12.3. The van der Waals surface area contributed by atoms with Gasteiger partial charge in [0.1, 0.15) is 0 Å². The van der Waals surface area contributed by atoms with Crippen molar-refractivity contribution in [1.29, 1.82) is 0 Å². The molecule has 7 nitrogen and oxygen atoms in total. The summed E-state index contributed by atoms with van der Waals surface area (Å²) >= 11 is 0. The van der Waals surface area contributed by atoms with Crippen molar-refractivity contribution in [2.24, 2.45) is 0 Å². The van der Waals surface area contributed by atoms with E-state index in [4.69, 9.17) is 5.73 Å². The van der Waals surface area contributed by atoms with E-state index in [0.717, 1.165) is 7.11 Å². The molecule has 1 aromatic carbocycles. The maximum Gasteiger partial charge on any atom is 0.336 e. The van der Waals surface area contributed by atoms with Crippen LogP contribution in [-0.4, -0.2) is 39.3 Å². The fraction of sp³-hybridized carbons (Fsp3) is 0.417. The maximum absolute atomic E-state index is 12.2. The van der Waals surface area contributed by atoms with Crippen LogP contribution >= 0.6 is 0 Å². The van der Waals surface area contributed by atoms with Crippen molar-refractivity contribution in [3.63, 3.8) is 0 Å². The van der Waals surface area contributed by atoms with Gasteiger partial charge in [0.15, 0.2) is 6.10 Å². The fourth-order valence-electron chi connectivity index (χ4n) is 1.89. The Morgan fingerprint density at radius 1 is 1.40 bits per heavy atom. The van der Waals surface area contributed by atoms with E-state index >= 15 is 0 Å². The number of benzene rings is 1. The summed E-state index contributed by atoms with van der Waals surface area (Å²) in [7, 11) is -2.74. The molecule has 0 aliphatic carbocycles. The van der Waals surface area contributed by atoms with E-state index in [2.05, 4.69) is 9.46 Å². The van der Waals surface area contributed by atoms with Gasteiger partial charge in [0.05, 0.1) is 12.0 Å². The van der Waals surface area contributed by atoms with Crippen LogP contribution in [0.15, 0.2) is 17.0 Å². The second kappa shape index (κ2) is 6.21. The zero-order chi connectivity index (χ0) is 15.5. The summed E-state index contributed by atoms with van der Waals surface area (Å²) in [5.74, 6) is -0.904. The van der Waals surface area contributed by atoms with Crippen LogP contribution in [0, 0.1) is 13.8 Å². The fourth-order valence-corrected chi connectivity index (χ4v) is 3.38. The zero-order valence-electron chi connectivity index (χ0n) is 11.5. The Kier molecular flexibility index (Phi) is 5.09. The van der Waals surface area contributed by atoms with Crippen molar-refractivity contribution in [2.45, 2.75) is 24.8 Å². The molecule has 0 aromatic heterocycles. The molecule has 0 saturated carbocycles. The minimum absolute atomic E-state index is 0.0868. The summed E-state index contributed by atoms with van der Waals surface area (Å²) in [5, 5.41) is 9.39. The molecule has 0 amide bonds. The third-order valence-electron chi connectivity index (χ3n) is 2.69. The lowest BCUT2D eigenvalue weighted by molar-refractivity contribution is -0.149. The van der Waals surface area contributed by atoms with E-state index < -0.39 is 28.6 Å². The smallest absolute Gasteiger partial charge is 0.336 e. The van der Waals surface area contributed by atoms with Gasteiger partial charge in [0.2, 0.25) is 10.0 Å². The van der Waals surface area contributed by atoms with Crippen LogP contribution in [0.25, 0.3) is 0 Å². The highest BCUT2D eigenvalue weighted by Crippen LogP contribution is 2.22. The van der Waals surface area contributed by atoms with Gasteiger partial charge in [-0.3, -0.25) is 0 Å². The van der Waals surface area contributed by atoms with Crippen molar-refractivity contribution in [2.75, 3.05) is 19.4 Å². The molecule has 0 aliphatic rings. The SMILES string of the molecule is COC(=O)C(O)CNS(=O)(=O)c1c(C)cc(N)cc1C. The van der Waals surface area contributed by atoms with Gasteiger partial charge >= 0.3 is 5.97 Å². The first kappa shape index (κ1) is 16.4. The van der Waals surface area contributed by atoms with Crippen LogP contribution in [0.5, 0.6) is 0 Å². The number of anilines is 1. The molecule has 112 valence electrons. The number of methoxy groups -OCH3 is 1. The number of hydrogen-bond acceptors (Lipinski definition) is 6. The molecule has 1 rings (SSSR count). The minimum Gasteiger partial charge on any atom is -0.467 e. The third-order valence-corrected chi connectivity index (χ3v) is 4.42.